The Morgan fingerprint density at radius 1 is 1.15 bits per heavy atom. The molecule has 5 rings (SSSR count). The van der Waals surface area contributed by atoms with E-state index < -0.39 is 11.6 Å². The number of hydrogen-bond acceptors (Lipinski definition) is 5. The highest BCUT2D eigenvalue weighted by Crippen LogP contribution is 2.34. The van der Waals surface area contributed by atoms with Crippen LogP contribution in [0.1, 0.15) is 17.7 Å². The van der Waals surface area contributed by atoms with E-state index >= 15 is 0 Å². The van der Waals surface area contributed by atoms with Gasteiger partial charge in [-0.1, -0.05) is 30.3 Å². The average Bonchev–Trinajstić information content (AvgIpc) is 3.33. The van der Waals surface area contributed by atoms with Gasteiger partial charge in [-0.15, -0.1) is 11.3 Å². The van der Waals surface area contributed by atoms with Crippen LogP contribution in [0.4, 0.5) is 4.79 Å². The number of para-hydroxylation sites is 2. The molecule has 6 nitrogen and oxygen atoms in total. The number of benzene rings is 2. The van der Waals surface area contributed by atoms with E-state index in [2.05, 4.69) is 10.3 Å². The van der Waals surface area contributed by atoms with Gasteiger partial charge in [0.05, 0.1) is 16.8 Å². The molecule has 2 aromatic heterocycles. The summed E-state index contributed by atoms with van der Waals surface area (Å²) in [5, 5.41) is 4.39. The number of carbonyl (C=O) groups is 2. The van der Waals surface area contributed by atoms with Crippen molar-refractivity contribution in [3.8, 4) is 0 Å². The number of thiazole rings is 1. The normalized spacial score (nSPS) is 20.0. The third-order valence-corrected chi connectivity index (χ3v) is 5.85. The van der Waals surface area contributed by atoms with Crippen LogP contribution in [0.5, 0.6) is 0 Å². The lowest BCUT2D eigenvalue weighted by molar-refractivity contribution is -0.132. The summed E-state index contributed by atoms with van der Waals surface area (Å²) in [7, 11) is 0. The van der Waals surface area contributed by atoms with Crippen LogP contribution in [0.25, 0.3) is 21.2 Å². The predicted octanol–water partition coefficient (Wildman–Crippen LogP) is 4.01. The molecule has 3 heterocycles. The van der Waals surface area contributed by atoms with Crippen LogP contribution < -0.4 is 5.32 Å². The molecule has 1 aliphatic heterocycles. The summed E-state index contributed by atoms with van der Waals surface area (Å²) in [6, 6.07) is 16.6. The lowest BCUT2D eigenvalue weighted by atomic mass is 9.99. The zero-order chi connectivity index (χ0) is 18.6. The number of furan rings is 1. The summed E-state index contributed by atoms with van der Waals surface area (Å²) < 4.78 is 6.87. The molecule has 0 radical (unpaired) electrons. The standard InChI is InChI=1S/C20H15N3O3S/c1-20(16-10-12-6-2-4-8-14(12)26-16)18(24)23(19(25)22-20)11-17-21-13-7-3-5-9-15(13)27-17/h2-10H,11H2,1H3,(H,22,25)/t20-/m0/s1. The zero-order valence-corrected chi connectivity index (χ0v) is 15.2. The van der Waals surface area contributed by atoms with E-state index in [-0.39, 0.29) is 12.5 Å². The van der Waals surface area contributed by atoms with Crippen LogP contribution in [0.2, 0.25) is 0 Å². The number of amides is 3. The maximum absolute atomic E-state index is 13.1. The molecule has 7 heteroatoms. The Hall–Kier alpha value is -3.19. The highest BCUT2D eigenvalue weighted by molar-refractivity contribution is 7.18. The van der Waals surface area contributed by atoms with E-state index in [9.17, 15) is 9.59 Å². The lowest BCUT2D eigenvalue weighted by Crippen LogP contribution is -2.40. The first-order valence-corrected chi connectivity index (χ1v) is 9.34. The number of fused-ring (bicyclic) bond motifs is 2. The molecule has 27 heavy (non-hydrogen) atoms. The van der Waals surface area contributed by atoms with Gasteiger partial charge in [-0.25, -0.2) is 9.78 Å². The maximum Gasteiger partial charge on any atom is 0.325 e. The molecule has 1 saturated heterocycles. The van der Waals surface area contributed by atoms with Crippen LogP contribution in [0.15, 0.2) is 59.0 Å². The van der Waals surface area contributed by atoms with Crippen LogP contribution in [-0.2, 0) is 16.9 Å². The number of rotatable bonds is 3. The minimum absolute atomic E-state index is 0.139. The van der Waals surface area contributed by atoms with Crippen LogP contribution in [0, 0.1) is 0 Å². The fourth-order valence-corrected chi connectivity index (χ4v) is 4.32. The number of nitrogens with one attached hydrogen (secondary N) is 1. The van der Waals surface area contributed by atoms with Crippen molar-refractivity contribution >= 4 is 44.5 Å². The van der Waals surface area contributed by atoms with Crippen molar-refractivity contribution in [1.82, 2.24) is 15.2 Å². The van der Waals surface area contributed by atoms with Crippen LogP contribution >= 0.6 is 11.3 Å². The Morgan fingerprint density at radius 3 is 2.74 bits per heavy atom. The monoisotopic (exact) mass is 377 g/mol. The molecule has 2 aromatic carbocycles. The average molecular weight is 377 g/mol. The van der Waals surface area contributed by atoms with Gasteiger partial charge in [-0.05, 0) is 31.2 Å². The molecule has 134 valence electrons. The molecule has 0 unspecified atom stereocenters. The maximum atomic E-state index is 13.1. The van der Waals surface area contributed by atoms with Crippen molar-refractivity contribution in [2.45, 2.75) is 19.0 Å². The minimum Gasteiger partial charge on any atom is -0.458 e. The second kappa shape index (κ2) is 5.65. The topological polar surface area (TPSA) is 75.4 Å². The second-order valence-electron chi connectivity index (χ2n) is 6.67. The summed E-state index contributed by atoms with van der Waals surface area (Å²) in [5.41, 5.74) is 0.317. The number of urea groups is 1. The molecule has 1 atom stereocenters. The smallest absolute Gasteiger partial charge is 0.325 e. The SMILES string of the molecule is C[C@@]1(c2cc3ccccc3o2)NC(=O)N(Cc2nc3ccccc3s2)C1=O. The van der Waals surface area contributed by atoms with Crippen molar-refractivity contribution < 1.29 is 14.0 Å². The first-order valence-electron chi connectivity index (χ1n) is 8.52. The summed E-state index contributed by atoms with van der Waals surface area (Å²) >= 11 is 1.48. The fraction of sp³-hybridized carbons (Fsp3) is 0.150. The Balaban J connectivity index is 1.48. The minimum atomic E-state index is -1.23. The molecule has 4 aromatic rings. The quantitative estimate of drug-likeness (QED) is 0.548. The Labute approximate surface area is 158 Å². The van der Waals surface area contributed by atoms with Gasteiger partial charge in [0.1, 0.15) is 16.4 Å². The Bertz CT molecular complexity index is 1150. The van der Waals surface area contributed by atoms with Gasteiger partial charge in [-0.2, -0.15) is 0 Å². The number of hydrogen-bond donors (Lipinski definition) is 1. The Morgan fingerprint density at radius 2 is 1.93 bits per heavy atom. The summed E-state index contributed by atoms with van der Waals surface area (Å²) in [4.78, 5) is 31.4. The van der Waals surface area contributed by atoms with Crippen LogP contribution in [0.3, 0.4) is 0 Å². The third-order valence-electron chi connectivity index (χ3n) is 4.82. The highest BCUT2D eigenvalue weighted by atomic mass is 32.1. The van der Waals surface area contributed by atoms with Crippen molar-refractivity contribution in [1.29, 1.82) is 0 Å². The molecule has 3 amide bonds. The first kappa shape index (κ1) is 16.0. The number of imide groups is 1. The Kier molecular flexibility index (Phi) is 3.35. The summed E-state index contributed by atoms with van der Waals surface area (Å²) in [6.45, 7) is 1.81. The van der Waals surface area contributed by atoms with Crippen molar-refractivity contribution in [3.05, 3.63) is 65.4 Å². The van der Waals surface area contributed by atoms with Crippen molar-refractivity contribution in [3.63, 3.8) is 0 Å². The number of carbonyl (C=O) groups excluding carboxylic acids is 2. The van der Waals surface area contributed by atoms with E-state index in [1.807, 2.05) is 48.5 Å². The van der Waals surface area contributed by atoms with Gasteiger partial charge in [0.25, 0.3) is 5.91 Å². The fourth-order valence-electron chi connectivity index (χ4n) is 3.36. The molecule has 1 N–H and O–H groups in total. The van der Waals surface area contributed by atoms with E-state index in [1.165, 1.54) is 16.2 Å². The van der Waals surface area contributed by atoms with Gasteiger partial charge in [0.15, 0.2) is 5.54 Å². The van der Waals surface area contributed by atoms with E-state index in [1.54, 1.807) is 13.0 Å². The zero-order valence-electron chi connectivity index (χ0n) is 14.4. The van der Waals surface area contributed by atoms with Crippen molar-refractivity contribution in [2.24, 2.45) is 0 Å². The third kappa shape index (κ3) is 2.43. The van der Waals surface area contributed by atoms with E-state index in [4.69, 9.17) is 4.42 Å². The molecule has 0 bridgehead atoms. The molecular formula is C20H15N3O3S. The van der Waals surface area contributed by atoms with E-state index in [0.717, 1.165) is 15.6 Å². The number of aromatic nitrogens is 1. The second-order valence-corrected chi connectivity index (χ2v) is 7.79. The van der Waals surface area contributed by atoms with Gasteiger partial charge < -0.3 is 9.73 Å². The summed E-state index contributed by atoms with van der Waals surface area (Å²) in [5.74, 6) is 0.0830. The predicted molar refractivity (Wildman–Crippen MR) is 102 cm³/mol. The molecule has 0 aliphatic carbocycles. The summed E-state index contributed by atoms with van der Waals surface area (Å²) in [6.07, 6.45) is 0. The molecule has 1 aliphatic rings. The van der Waals surface area contributed by atoms with Gasteiger partial charge in [0, 0.05) is 5.39 Å². The first-order chi connectivity index (χ1) is 13.0. The number of nitrogens with zero attached hydrogens (tertiary/aromatic N) is 2. The van der Waals surface area contributed by atoms with Gasteiger partial charge >= 0.3 is 6.03 Å². The largest absolute Gasteiger partial charge is 0.458 e. The highest BCUT2D eigenvalue weighted by Gasteiger charge is 2.51. The van der Waals surface area contributed by atoms with Gasteiger partial charge in [-0.3, -0.25) is 9.69 Å². The van der Waals surface area contributed by atoms with Crippen molar-refractivity contribution in [2.75, 3.05) is 0 Å². The van der Waals surface area contributed by atoms with Crippen LogP contribution in [-0.4, -0.2) is 21.8 Å². The lowest BCUT2D eigenvalue weighted by Gasteiger charge is -2.18. The molecule has 1 fully saturated rings. The molecule has 0 spiro atoms. The molecule has 0 saturated carbocycles. The van der Waals surface area contributed by atoms with Gasteiger partial charge in [0.2, 0.25) is 0 Å². The molecular weight excluding hydrogens is 362 g/mol. The van der Waals surface area contributed by atoms with E-state index in [0.29, 0.717) is 16.4 Å².